The van der Waals surface area contributed by atoms with E-state index in [4.69, 9.17) is 9.47 Å². The Bertz CT molecular complexity index is 963. The molecule has 0 radical (unpaired) electrons. The summed E-state index contributed by atoms with van der Waals surface area (Å²) in [6.07, 6.45) is 2.25. The number of methoxy groups -OCH3 is 1. The Balaban J connectivity index is 1.59. The van der Waals surface area contributed by atoms with Crippen LogP contribution in [0.5, 0.6) is 0 Å². The van der Waals surface area contributed by atoms with Crippen LogP contribution in [0.3, 0.4) is 0 Å². The molecule has 0 spiro atoms. The number of aromatic nitrogens is 4. The Kier molecular flexibility index (Phi) is 4.38. The summed E-state index contributed by atoms with van der Waals surface area (Å²) in [6, 6.07) is 7.72. The summed E-state index contributed by atoms with van der Waals surface area (Å²) in [5.74, 6) is 1.38. The Hall–Kier alpha value is -2.80. The first kappa shape index (κ1) is 16.7. The Morgan fingerprint density at radius 1 is 1.23 bits per heavy atom. The molecule has 0 atom stereocenters. The second kappa shape index (κ2) is 6.84. The lowest BCUT2D eigenvalue weighted by Gasteiger charge is -2.13. The molecule has 0 unspecified atom stereocenters. The van der Waals surface area contributed by atoms with E-state index in [9.17, 15) is 4.79 Å². The molecule has 1 saturated carbocycles. The average Bonchev–Trinajstić information content (AvgIpc) is 3.39. The third kappa shape index (κ3) is 3.17. The molecule has 1 aliphatic carbocycles. The fourth-order valence-corrected chi connectivity index (χ4v) is 3.06. The zero-order valence-corrected chi connectivity index (χ0v) is 14.8. The van der Waals surface area contributed by atoms with Crippen molar-refractivity contribution in [3.63, 3.8) is 0 Å². The standard InChI is InChI=1S/C19H20N4O3/c1-11-13-5-3-4-6-14(13)20-15(9-25-2)17(11)19(24)26-10-16-21-18(23-22-16)12-7-8-12/h3-6,12H,7-10H2,1-2H3,(H,21,22,23). The minimum atomic E-state index is -0.433. The van der Waals surface area contributed by atoms with Crippen molar-refractivity contribution in [2.75, 3.05) is 7.11 Å². The van der Waals surface area contributed by atoms with E-state index in [0.717, 1.165) is 35.1 Å². The molecule has 1 aromatic carbocycles. The summed E-state index contributed by atoms with van der Waals surface area (Å²) in [6.45, 7) is 2.20. The predicted molar refractivity (Wildman–Crippen MR) is 94.7 cm³/mol. The summed E-state index contributed by atoms with van der Waals surface area (Å²) in [5.41, 5.74) is 2.69. The van der Waals surface area contributed by atoms with Crippen molar-refractivity contribution in [1.82, 2.24) is 20.2 Å². The highest BCUT2D eigenvalue weighted by Gasteiger charge is 2.28. The number of aromatic amines is 1. The van der Waals surface area contributed by atoms with Gasteiger partial charge in [0.25, 0.3) is 0 Å². The van der Waals surface area contributed by atoms with Crippen LogP contribution in [0.15, 0.2) is 24.3 Å². The maximum Gasteiger partial charge on any atom is 0.340 e. The van der Waals surface area contributed by atoms with Gasteiger partial charge in [-0.05, 0) is 31.4 Å². The maximum absolute atomic E-state index is 12.8. The van der Waals surface area contributed by atoms with E-state index in [2.05, 4.69) is 20.2 Å². The number of para-hydroxylation sites is 1. The third-order valence-electron chi connectivity index (χ3n) is 4.54. The molecule has 4 rings (SSSR count). The number of carbonyl (C=O) groups excluding carboxylic acids is 1. The molecule has 1 aliphatic rings. The number of nitrogens with zero attached hydrogens (tertiary/aromatic N) is 3. The maximum atomic E-state index is 12.8. The Morgan fingerprint density at radius 3 is 2.81 bits per heavy atom. The molecule has 1 fully saturated rings. The number of benzene rings is 1. The number of aryl methyl sites for hydroxylation is 1. The van der Waals surface area contributed by atoms with Gasteiger partial charge in [0, 0.05) is 18.4 Å². The number of nitrogens with one attached hydrogen (secondary N) is 1. The lowest BCUT2D eigenvalue weighted by molar-refractivity contribution is 0.0456. The number of carbonyl (C=O) groups is 1. The van der Waals surface area contributed by atoms with Gasteiger partial charge in [0.05, 0.1) is 23.4 Å². The molecule has 26 heavy (non-hydrogen) atoms. The fourth-order valence-electron chi connectivity index (χ4n) is 3.06. The average molecular weight is 352 g/mol. The van der Waals surface area contributed by atoms with Crippen LogP contribution in [0.25, 0.3) is 10.9 Å². The lowest BCUT2D eigenvalue weighted by atomic mass is 10.0. The van der Waals surface area contributed by atoms with Crippen LogP contribution in [-0.4, -0.2) is 33.2 Å². The van der Waals surface area contributed by atoms with Gasteiger partial charge in [-0.2, -0.15) is 5.10 Å². The molecule has 7 heteroatoms. The van der Waals surface area contributed by atoms with Gasteiger partial charge in [0.15, 0.2) is 18.3 Å². The number of H-pyrrole nitrogens is 1. The number of ether oxygens (including phenoxy) is 2. The molecule has 1 N–H and O–H groups in total. The van der Waals surface area contributed by atoms with E-state index in [1.54, 1.807) is 7.11 Å². The summed E-state index contributed by atoms with van der Waals surface area (Å²) in [7, 11) is 1.58. The molecule has 2 aromatic heterocycles. The quantitative estimate of drug-likeness (QED) is 0.686. The number of hydrogen-bond acceptors (Lipinski definition) is 6. The summed E-state index contributed by atoms with van der Waals surface area (Å²) in [4.78, 5) is 21.7. The van der Waals surface area contributed by atoms with Crippen molar-refractivity contribution in [3.05, 3.63) is 52.7 Å². The second-order valence-electron chi connectivity index (χ2n) is 6.50. The van der Waals surface area contributed by atoms with Crippen LogP contribution in [0.1, 0.15) is 52.0 Å². The Labute approximate surface area is 150 Å². The van der Waals surface area contributed by atoms with Crippen LogP contribution in [0, 0.1) is 6.92 Å². The van der Waals surface area contributed by atoms with Gasteiger partial charge in [0.1, 0.15) is 0 Å². The van der Waals surface area contributed by atoms with Crippen LogP contribution in [-0.2, 0) is 22.7 Å². The number of esters is 1. The topological polar surface area (TPSA) is 90.0 Å². The summed E-state index contributed by atoms with van der Waals surface area (Å²) < 4.78 is 10.7. The number of pyridine rings is 1. The largest absolute Gasteiger partial charge is 0.454 e. The second-order valence-corrected chi connectivity index (χ2v) is 6.50. The van der Waals surface area contributed by atoms with Crippen LogP contribution >= 0.6 is 0 Å². The van der Waals surface area contributed by atoms with Gasteiger partial charge in [-0.1, -0.05) is 18.2 Å². The molecule has 134 valence electrons. The van der Waals surface area contributed by atoms with E-state index in [1.165, 1.54) is 0 Å². The first-order valence-electron chi connectivity index (χ1n) is 8.63. The Morgan fingerprint density at radius 2 is 2.04 bits per heavy atom. The predicted octanol–water partition coefficient (Wildman–Crippen LogP) is 3.04. The highest BCUT2D eigenvalue weighted by Crippen LogP contribution is 2.37. The van der Waals surface area contributed by atoms with E-state index >= 15 is 0 Å². The zero-order chi connectivity index (χ0) is 18.1. The molecule has 0 amide bonds. The highest BCUT2D eigenvalue weighted by atomic mass is 16.5. The molecule has 0 bridgehead atoms. The van der Waals surface area contributed by atoms with Gasteiger partial charge in [-0.3, -0.25) is 5.10 Å². The minimum absolute atomic E-state index is 0.0528. The van der Waals surface area contributed by atoms with Gasteiger partial charge in [-0.25, -0.2) is 14.8 Å². The third-order valence-corrected chi connectivity index (χ3v) is 4.54. The van der Waals surface area contributed by atoms with Gasteiger partial charge in [0.2, 0.25) is 0 Å². The minimum Gasteiger partial charge on any atom is -0.454 e. The van der Waals surface area contributed by atoms with Crippen molar-refractivity contribution in [1.29, 1.82) is 0 Å². The van der Waals surface area contributed by atoms with E-state index in [1.807, 2.05) is 31.2 Å². The first-order chi connectivity index (χ1) is 12.7. The van der Waals surface area contributed by atoms with Crippen molar-refractivity contribution >= 4 is 16.9 Å². The lowest BCUT2D eigenvalue weighted by Crippen LogP contribution is -2.13. The number of hydrogen-bond donors (Lipinski definition) is 1. The van der Waals surface area contributed by atoms with E-state index in [0.29, 0.717) is 23.0 Å². The monoisotopic (exact) mass is 352 g/mol. The summed E-state index contributed by atoms with van der Waals surface area (Å²) in [5, 5.41) is 7.94. The van der Waals surface area contributed by atoms with E-state index < -0.39 is 5.97 Å². The van der Waals surface area contributed by atoms with Crippen LogP contribution < -0.4 is 0 Å². The zero-order valence-electron chi connectivity index (χ0n) is 14.8. The van der Waals surface area contributed by atoms with Crippen molar-refractivity contribution in [2.24, 2.45) is 0 Å². The molecule has 0 saturated heterocycles. The van der Waals surface area contributed by atoms with Crippen molar-refractivity contribution in [3.8, 4) is 0 Å². The molecule has 0 aliphatic heterocycles. The molecule has 3 aromatic rings. The molecule has 7 nitrogen and oxygen atoms in total. The van der Waals surface area contributed by atoms with Crippen LogP contribution in [0.4, 0.5) is 0 Å². The normalized spacial score (nSPS) is 13.9. The molecular weight excluding hydrogens is 332 g/mol. The SMILES string of the molecule is COCc1nc2ccccc2c(C)c1C(=O)OCc1nc(C2CC2)n[nH]1. The van der Waals surface area contributed by atoms with Gasteiger partial charge in [-0.15, -0.1) is 0 Å². The molecular formula is C19H20N4O3. The number of fused-ring (bicyclic) bond motifs is 1. The van der Waals surface area contributed by atoms with Crippen LogP contribution in [0.2, 0.25) is 0 Å². The van der Waals surface area contributed by atoms with Crippen molar-refractivity contribution < 1.29 is 14.3 Å². The van der Waals surface area contributed by atoms with Gasteiger partial charge < -0.3 is 9.47 Å². The highest BCUT2D eigenvalue weighted by molar-refractivity contribution is 5.98. The summed E-state index contributed by atoms with van der Waals surface area (Å²) >= 11 is 0. The van der Waals surface area contributed by atoms with Crippen molar-refractivity contribution in [2.45, 2.75) is 38.9 Å². The van der Waals surface area contributed by atoms with E-state index in [-0.39, 0.29) is 13.2 Å². The number of rotatable bonds is 6. The van der Waals surface area contributed by atoms with Gasteiger partial charge >= 0.3 is 5.97 Å². The smallest absolute Gasteiger partial charge is 0.340 e. The first-order valence-corrected chi connectivity index (χ1v) is 8.63. The molecule has 2 heterocycles. The fraction of sp³-hybridized carbons (Fsp3) is 0.368.